The van der Waals surface area contributed by atoms with Crippen LogP contribution in [0.4, 0.5) is 5.82 Å². The third-order valence-electron chi connectivity index (χ3n) is 7.08. The summed E-state index contributed by atoms with van der Waals surface area (Å²) in [5.74, 6) is 1.62. The second-order valence-corrected chi connectivity index (χ2v) is 9.06. The Bertz CT molecular complexity index is 1160. The van der Waals surface area contributed by atoms with Gasteiger partial charge in [0.2, 0.25) is 0 Å². The zero-order chi connectivity index (χ0) is 21.8. The molecule has 9 nitrogen and oxygen atoms in total. The number of fused-ring (bicyclic) bond motifs is 3. The second kappa shape index (κ2) is 7.68. The van der Waals surface area contributed by atoms with E-state index >= 15 is 0 Å². The van der Waals surface area contributed by atoms with Crippen molar-refractivity contribution in [2.75, 3.05) is 38.3 Å². The number of hydrogen-bond acceptors (Lipinski definition) is 8. The van der Waals surface area contributed by atoms with Gasteiger partial charge in [0.05, 0.1) is 43.7 Å². The van der Waals surface area contributed by atoms with Crippen molar-refractivity contribution in [1.82, 2.24) is 25.1 Å². The minimum Gasteiger partial charge on any atom is -0.467 e. The highest BCUT2D eigenvalue weighted by Crippen LogP contribution is 2.35. The monoisotopic (exact) mass is 436 g/mol. The Morgan fingerprint density at radius 2 is 2.09 bits per heavy atom. The number of β-amino-alcohol motifs (C(OH)–C–C–N with tert-alkyl or cyclic N) is 1. The number of aromatic nitrogens is 4. The fraction of sp³-hybridized carbons (Fsp3) is 0.522. The van der Waals surface area contributed by atoms with Crippen LogP contribution < -0.4 is 15.0 Å². The number of ether oxygens (including phenoxy) is 2. The Kier molecular flexibility index (Phi) is 4.78. The SMILES string of the molecule is COc1nc(N2CC3CC2CO3)cc(-n2ncc3cc(C)c(C4CCNCC4O)cc32)n1. The van der Waals surface area contributed by atoms with Crippen molar-refractivity contribution in [3.63, 3.8) is 0 Å². The highest BCUT2D eigenvalue weighted by Gasteiger charge is 2.40. The number of aliphatic hydroxyl groups excluding tert-OH is 1. The van der Waals surface area contributed by atoms with Gasteiger partial charge in [0, 0.05) is 30.5 Å². The van der Waals surface area contributed by atoms with E-state index in [1.165, 1.54) is 11.1 Å². The summed E-state index contributed by atoms with van der Waals surface area (Å²) in [5.41, 5.74) is 3.31. The molecule has 9 heteroatoms. The van der Waals surface area contributed by atoms with Gasteiger partial charge in [0.1, 0.15) is 5.82 Å². The van der Waals surface area contributed by atoms with Gasteiger partial charge in [-0.25, -0.2) is 4.68 Å². The number of aryl methyl sites for hydroxylation is 1. The van der Waals surface area contributed by atoms with Crippen molar-refractivity contribution in [2.24, 2.45) is 0 Å². The first kappa shape index (κ1) is 19.9. The van der Waals surface area contributed by atoms with Crippen LogP contribution in [-0.2, 0) is 4.74 Å². The number of aliphatic hydroxyl groups is 1. The molecule has 168 valence electrons. The number of nitrogens with zero attached hydrogens (tertiary/aromatic N) is 5. The fourth-order valence-electron chi connectivity index (χ4n) is 5.42. The molecule has 3 fully saturated rings. The van der Waals surface area contributed by atoms with E-state index < -0.39 is 6.10 Å². The molecule has 2 bridgehead atoms. The number of rotatable bonds is 4. The maximum absolute atomic E-state index is 10.6. The Hall–Kier alpha value is -2.75. The summed E-state index contributed by atoms with van der Waals surface area (Å²) in [6, 6.07) is 6.97. The highest BCUT2D eigenvalue weighted by molar-refractivity contribution is 5.82. The zero-order valence-electron chi connectivity index (χ0n) is 18.4. The third-order valence-corrected chi connectivity index (χ3v) is 7.08. The third kappa shape index (κ3) is 3.23. The molecule has 2 aromatic heterocycles. The molecule has 0 saturated carbocycles. The minimum absolute atomic E-state index is 0.111. The van der Waals surface area contributed by atoms with Crippen LogP contribution in [0.3, 0.4) is 0 Å². The predicted molar refractivity (Wildman–Crippen MR) is 120 cm³/mol. The molecule has 0 spiro atoms. The summed E-state index contributed by atoms with van der Waals surface area (Å²) in [5, 5.41) is 19.6. The van der Waals surface area contributed by atoms with E-state index in [4.69, 9.17) is 9.47 Å². The van der Waals surface area contributed by atoms with E-state index in [1.807, 2.05) is 16.9 Å². The molecule has 1 aromatic carbocycles. The number of anilines is 1. The van der Waals surface area contributed by atoms with Gasteiger partial charge in [-0.05, 0) is 49.6 Å². The summed E-state index contributed by atoms with van der Waals surface area (Å²) >= 11 is 0. The van der Waals surface area contributed by atoms with Gasteiger partial charge >= 0.3 is 6.01 Å². The maximum atomic E-state index is 10.6. The highest BCUT2D eigenvalue weighted by atomic mass is 16.5. The Balaban J connectivity index is 1.44. The summed E-state index contributed by atoms with van der Waals surface area (Å²) in [4.78, 5) is 11.5. The lowest BCUT2D eigenvalue weighted by Gasteiger charge is -2.30. The second-order valence-electron chi connectivity index (χ2n) is 9.06. The fourth-order valence-corrected chi connectivity index (χ4v) is 5.42. The normalized spacial score (nSPS) is 27.4. The summed E-state index contributed by atoms with van der Waals surface area (Å²) < 4.78 is 13.0. The molecule has 3 saturated heterocycles. The molecule has 4 unspecified atom stereocenters. The Labute approximate surface area is 186 Å². The molecule has 3 aromatic rings. The molecule has 5 heterocycles. The number of piperidine rings is 1. The van der Waals surface area contributed by atoms with Crippen molar-refractivity contribution in [1.29, 1.82) is 0 Å². The number of methoxy groups -OCH3 is 1. The van der Waals surface area contributed by atoms with Gasteiger partial charge < -0.3 is 24.8 Å². The molecular weight excluding hydrogens is 408 g/mol. The number of nitrogens with one attached hydrogen (secondary N) is 1. The summed E-state index contributed by atoms with van der Waals surface area (Å²) in [6.07, 6.45) is 3.69. The van der Waals surface area contributed by atoms with Crippen LogP contribution >= 0.6 is 0 Å². The van der Waals surface area contributed by atoms with Gasteiger partial charge in [-0.3, -0.25) is 0 Å². The van der Waals surface area contributed by atoms with E-state index in [9.17, 15) is 5.11 Å². The quantitative estimate of drug-likeness (QED) is 0.636. The van der Waals surface area contributed by atoms with Crippen LogP contribution in [0.25, 0.3) is 16.7 Å². The first-order valence-corrected chi connectivity index (χ1v) is 11.3. The lowest BCUT2D eigenvalue weighted by molar-refractivity contribution is 0.0988. The van der Waals surface area contributed by atoms with E-state index in [-0.39, 0.29) is 12.0 Å². The van der Waals surface area contributed by atoms with Crippen LogP contribution in [0.2, 0.25) is 0 Å². The minimum atomic E-state index is -0.394. The molecule has 2 N–H and O–H groups in total. The van der Waals surface area contributed by atoms with Crippen molar-refractivity contribution >= 4 is 16.7 Å². The van der Waals surface area contributed by atoms with E-state index in [0.717, 1.165) is 49.3 Å². The van der Waals surface area contributed by atoms with Gasteiger partial charge in [-0.2, -0.15) is 15.1 Å². The molecule has 0 amide bonds. The number of morpholine rings is 1. The predicted octanol–water partition coefficient (Wildman–Crippen LogP) is 1.55. The maximum Gasteiger partial charge on any atom is 0.320 e. The first-order valence-electron chi connectivity index (χ1n) is 11.3. The summed E-state index contributed by atoms with van der Waals surface area (Å²) in [6.45, 7) is 5.21. The van der Waals surface area contributed by atoms with Gasteiger partial charge in [0.15, 0.2) is 5.82 Å². The van der Waals surface area contributed by atoms with Gasteiger partial charge in [-0.1, -0.05) is 0 Å². The van der Waals surface area contributed by atoms with Crippen LogP contribution in [0, 0.1) is 6.92 Å². The number of hydrogen-bond donors (Lipinski definition) is 2. The Morgan fingerprint density at radius 3 is 2.84 bits per heavy atom. The van der Waals surface area contributed by atoms with Crippen LogP contribution in [0.5, 0.6) is 6.01 Å². The molecular formula is C23H28N6O3. The number of benzene rings is 1. The molecule has 0 aliphatic carbocycles. The average molecular weight is 437 g/mol. The largest absolute Gasteiger partial charge is 0.467 e. The van der Waals surface area contributed by atoms with E-state index in [1.54, 1.807) is 7.11 Å². The lowest BCUT2D eigenvalue weighted by Crippen LogP contribution is -2.39. The topological polar surface area (TPSA) is 97.6 Å². The summed E-state index contributed by atoms with van der Waals surface area (Å²) in [7, 11) is 1.59. The first-order chi connectivity index (χ1) is 15.6. The van der Waals surface area contributed by atoms with E-state index in [0.29, 0.717) is 24.4 Å². The molecule has 3 aliphatic heterocycles. The van der Waals surface area contributed by atoms with Crippen LogP contribution in [-0.4, -0.2) is 76.5 Å². The Morgan fingerprint density at radius 1 is 1.22 bits per heavy atom. The van der Waals surface area contributed by atoms with Crippen molar-refractivity contribution in [2.45, 2.75) is 43.9 Å². The van der Waals surface area contributed by atoms with E-state index in [2.05, 4.69) is 44.3 Å². The van der Waals surface area contributed by atoms with Crippen molar-refractivity contribution in [3.05, 3.63) is 35.5 Å². The molecule has 3 aliphatic rings. The van der Waals surface area contributed by atoms with Gasteiger partial charge in [-0.15, -0.1) is 0 Å². The van der Waals surface area contributed by atoms with Crippen LogP contribution in [0.1, 0.15) is 29.9 Å². The molecule has 0 radical (unpaired) electrons. The standard InChI is InChI=1S/C23H28N6O3/c1-13-5-14-9-25-29(19(14)7-18(13)17-3-4-24-10-20(17)30)22-8-21(26-23(27-22)31-2)28-11-16-6-15(28)12-32-16/h5,7-9,15-17,20,24,30H,3-4,6,10-12H2,1-2H3. The van der Waals surface area contributed by atoms with Crippen molar-refractivity contribution < 1.29 is 14.6 Å². The smallest absolute Gasteiger partial charge is 0.320 e. The zero-order valence-corrected chi connectivity index (χ0v) is 18.4. The lowest BCUT2D eigenvalue weighted by atomic mass is 9.85. The molecule has 4 atom stereocenters. The van der Waals surface area contributed by atoms with Crippen LogP contribution in [0.15, 0.2) is 24.4 Å². The molecule has 32 heavy (non-hydrogen) atoms. The van der Waals surface area contributed by atoms with Crippen molar-refractivity contribution in [3.8, 4) is 11.8 Å². The molecule has 6 rings (SSSR count). The average Bonchev–Trinajstić information content (AvgIpc) is 3.54. The van der Waals surface area contributed by atoms with Gasteiger partial charge in [0.25, 0.3) is 0 Å².